The third kappa shape index (κ3) is 11.4. The van der Waals surface area contributed by atoms with Crippen LogP contribution >= 0.6 is 0 Å². The van der Waals surface area contributed by atoms with Crippen LogP contribution in [0.5, 0.6) is 0 Å². The molecule has 0 unspecified atom stereocenters. The minimum Gasteiger partial charge on any atom is -0.387 e. The zero-order chi connectivity index (χ0) is 37.1. The van der Waals surface area contributed by atoms with Crippen LogP contribution in [0.15, 0.2) is 73.4 Å². The van der Waals surface area contributed by atoms with Crippen LogP contribution < -0.4 is 16.4 Å². The quantitative estimate of drug-likeness (QED) is 0.0759. The van der Waals surface area contributed by atoms with Crippen molar-refractivity contribution in [2.24, 2.45) is 16.6 Å². The van der Waals surface area contributed by atoms with Crippen LogP contribution in [0.25, 0.3) is 11.1 Å². The summed E-state index contributed by atoms with van der Waals surface area (Å²) in [5.74, 6) is -1.83. The lowest BCUT2D eigenvalue weighted by atomic mass is 9.82. The molecule has 2 aromatic carbocycles. The van der Waals surface area contributed by atoms with Crippen LogP contribution in [0.4, 0.5) is 8.78 Å². The predicted molar refractivity (Wildman–Crippen MR) is 193 cm³/mol. The molecule has 0 fully saturated rings. The van der Waals surface area contributed by atoms with Crippen molar-refractivity contribution < 1.29 is 28.3 Å². The predicted octanol–water partition coefficient (Wildman–Crippen LogP) is 5.37. The van der Waals surface area contributed by atoms with Crippen molar-refractivity contribution in [1.82, 2.24) is 20.1 Å². The number of aldehydes is 1. The highest BCUT2D eigenvalue weighted by Gasteiger charge is 2.38. The highest BCUT2D eigenvalue weighted by atomic mass is 19.1. The maximum absolute atomic E-state index is 15.0. The van der Waals surface area contributed by atoms with E-state index in [9.17, 15) is 23.9 Å². The lowest BCUT2D eigenvalue weighted by Gasteiger charge is -2.42. The largest absolute Gasteiger partial charge is 0.387 e. The molecule has 0 aliphatic rings. The van der Waals surface area contributed by atoms with Gasteiger partial charge >= 0.3 is 0 Å². The third-order valence-electron chi connectivity index (χ3n) is 8.70. The number of halogens is 2. The van der Waals surface area contributed by atoms with E-state index in [-0.39, 0.29) is 36.4 Å². The van der Waals surface area contributed by atoms with Crippen molar-refractivity contribution in [1.29, 1.82) is 0 Å². The van der Waals surface area contributed by atoms with Crippen LogP contribution in [0.2, 0.25) is 0 Å². The molecule has 3 aromatic rings. The number of nitrogens with one attached hydrogen (secondary N) is 2. The Bertz CT molecular complexity index is 1600. The summed E-state index contributed by atoms with van der Waals surface area (Å²) in [5, 5.41) is 16.1. The minimum atomic E-state index is -1.37. The Balaban J connectivity index is 1.87. The number of aliphatic hydroxyl groups excluding tert-OH is 1. The first-order chi connectivity index (χ1) is 23.5. The molecular formula is C39H53F2N5O4. The Morgan fingerprint density at radius 1 is 1.06 bits per heavy atom. The summed E-state index contributed by atoms with van der Waals surface area (Å²) < 4.78 is 31.2. The molecule has 11 heteroatoms. The van der Waals surface area contributed by atoms with Gasteiger partial charge in [0, 0.05) is 62.2 Å². The molecule has 0 saturated heterocycles. The summed E-state index contributed by atoms with van der Waals surface area (Å²) in [4.78, 5) is 39.7. The summed E-state index contributed by atoms with van der Waals surface area (Å²) in [6.07, 6.45) is 5.31. The highest BCUT2D eigenvalue weighted by molar-refractivity contribution is 5.78. The van der Waals surface area contributed by atoms with Crippen molar-refractivity contribution in [3.8, 4) is 11.1 Å². The summed E-state index contributed by atoms with van der Waals surface area (Å²) in [6, 6.07) is 14.0. The second kappa shape index (κ2) is 17.6. The highest BCUT2D eigenvalue weighted by Crippen LogP contribution is 2.41. The molecule has 9 nitrogen and oxygen atoms in total. The van der Waals surface area contributed by atoms with E-state index in [0.29, 0.717) is 50.0 Å². The lowest BCUT2D eigenvalue weighted by Crippen LogP contribution is -2.54. The number of rotatable bonds is 19. The molecule has 50 heavy (non-hydrogen) atoms. The van der Waals surface area contributed by atoms with E-state index in [2.05, 4.69) is 17.2 Å². The first-order valence-electron chi connectivity index (χ1n) is 17.0. The average molecular weight is 694 g/mol. The van der Waals surface area contributed by atoms with Crippen LogP contribution in [-0.4, -0.2) is 71.0 Å². The Hall–Kier alpha value is -4.19. The summed E-state index contributed by atoms with van der Waals surface area (Å²) in [5.41, 5.74) is 6.44. The smallest absolute Gasteiger partial charge is 0.248 e. The zero-order valence-electron chi connectivity index (χ0n) is 30.0. The fraction of sp³-hybridized carbons (Fsp3) is 0.462. The Morgan fingerprint density at radius 3 is 2.38 bits per heavy atom. The van der Waals surface area contributed by atoms with Crippen molar-refractivity contribution in [2.75, 3.05) is 32.8 Å². The van der Waals surface area contributed by atoms with Gasteiger partial charge in [0.15, 0.2) is 0 Å². The molecule has 0 spiro atoms. The van der Waals surface area contributed by atoms with Crippen LogP contribution in [0.3, 0.4) is 0 Å². The van der Waals surface area contributed by atoms with Gasteiger partial charge in [0.2, 0.25) is 11.8 Å². The number of hydrogen-bond acceptors (Lipinski definition) is 6. The van der Waals surface area contributed by atoms with Crippen molar-refractivity contribution in [2.45, 2.75) is 72.0 Å². The number of amides is 2. The zero-order valence-corrected chi connectivity index (χ0v) is 30.0. The first kappa shape index (κ1) is 40.2. The molecule has 0 radical (unpaired) electrons. The van der Waals surface area contributed by atoms with Crippen molar-refractivity contribution in [3.63, 3.8) is 0 Å². The van der Waals surface area contributed by atoms with Gasteiger partial charge < -0.3 is 35.7 Å². The fourth-order valence-corrected chi connectivity index (χ4v) is 6.19. The van der Waals surface area contributed by atoms with E-state index in [1.165, 1.54) is 4.90 Å². The van der Waals surface area contributed by atoms with Gasteiger partial charge in [-0.15, -0.1) is 6.58 Å². The Labute approximate surface area is 294 Å². The van der Waals surface area contributed by atoms with Gasteiger partial charge in [-0.3, -0.25) is 9.59 Å². The number of aromatic nitrogens is 1. The van der Waals surface area contributed by atoms with E-state index in [4.69, 9.17) is 5.73 Å². The van der Waals surface area contributed by atoms with Crippen LogP contribution in [0.1, 0.15) is 71.2 Å². The normalized spacial score (nSPS) is 13.7. The van der Waals surface area contributed by atoms with Gasteiger partial charge in [-0.05, 0) is 53.5 Å². The molecule has 0 aliphatic carbocycles. The van der Waals surface area contributed by atoms with E-state index < -0.39 is 41.1 Å². The number of carbonyl (C=O) groups excluding carboxylic acids is 3. The van der Waals surface area contributed by atoms with Gasteiger partial charge in [0.25, 0.3) is 0 Å². The molecule has 1 aromatic heterocycles. The minimum absolute atomic E-state index is 0.0214. The molecule has 3 rings (SSSR count). The van der Waals surface area contributed by atoms with E-state index in [1.807, 2.05) is 69.5 Å². The Kier molecular flexibility index (Phi) is 14.2. The molecule has 2 atom stereocenters. The molecule has 272 valence electrons. The maximum Gasteiger partial charge on any atom is 0.248 e. The number of allylic oxidation sites excluding steroid dienone is 1. The first-order valence-corrected chi connectivity index (χ1v) is 17.0. The number of aliphatic hydroxyl groups is 1. The van der Waals surface area contributed by atoms with Gasteiger partial charge in [-0.25, -0.2) is 8.78 Å². The summed E-state index contributed by atoms with van der Waals surface area (Å²) >= 11 is 0. The fourth-order valence-electron chi connectivity index (χ4n) is 6.19. The van der Waals surface area contributed by atoms with Crippen molar-refractivity contribution >= 4 is 18.1 Å². The third-order valence-corrected chi connectivity index (χ3v) is 8.70. The van der Waals surface area contributed by atoms with E-state index in [1.54, 1.807) is 18.3 Å². The van der Waals surface area contributed by atoms with Gasteiger partial charge in [-0.2, -0.15) is 0 Å². The monoisotopic (exact) mass is 693 g/mol. The average Bonchev–Trinajstić information content (AvgIpc) is 3.45. The van der Waals surface area contributed by atoms with Crippen LogP contribution in [-0.2, 0) is 20.9 Å². The van der Waals surface area contributed by atoms with Gasteiger partial charge in [0.05, 0.1) is 11.6 Å². The number of hydrogen-bond donors (Lipinski definition) is 4. The van der Waals surface area contributed by atoms with Crippen molar-refractivity contribution in [3.05, 3.63) is 96.3 Å². The summed E-state index contributed by atoms with van der Waals surface area (Å²) in [7, 11) is 0. The number of carbonyl (C=O) groups is 3. The number of nitrogens with two attached hydrogens (primary N) is 1. The standard InChI is InChI=1S/C39H53F2N5O4/c1-7-15-38(5,6)22-34(49)44-18-17-43-26-39(42,27-48)16-19-46(35(50)25-47)36(37(2,3)4)33-20-29(31-21-30(40)13-14-32(31)41)24-45(33)23-28-11-9-8-10-12-28/h7-14,20-21,24,27,36,43,47H,1,15-19,22-23,25-26,42H2,2-6H3,(H,44,49)/t36-,39-/m0/s1. The molecule has 0 saturated carbocycles. The molecule has 1 heterocycles. The molecule has 2 amide bonds. The number of benzene rings is 2. The van der Waals surface area contributed by atoms with Gasteiger partial charge in [0.1, 0.15) is 24.5 Å². The maximum atomic E-state index is 15.0. The topological polar surface area (TPSA) is 130 Å². The second-order valence-electron chi connectivity index (χ2n) is 14.9. The van der Waals surface area contributed by atoms with E-state index >= 15 is 4.39 Å². The molecule has 0 aliphatic heterocycles. The SMILES string of the molecule is C=CCC(C)(C)CC(=O)NCCNC[C@](N)(C=O)CCN(C(=O)CO)[C@@H](c1cc(-c2cc(F)ccc2F)cn1Cc1ccccc1)C(C)(C)C. The number of nitrogens with zero attached hydrogens (tertiary/aromatic N) is 2. The van der Waals surface area contributed by atoms with Gasteiger partial charge in [-0.1, -0.05) is 71.0 Å². The summed E-state index contributed by atoms with van der Waals surface area (Å²) in [6.45, 7) is 14.0. The van der Waals surface area contributed by atoms with Crippen LogP contribution in [0, 0.1) is 22.5 Å². The second-order valence-corrected chi connectivity index (χ2v) is 14.9. The van der Waals surface area contributed by atoms with E-state index in [0.717, 1.165) is 23.8 Å². The lowest BCUT2D eigenvalue weighted by molar-refractivity contribution is -0.140. The molecular weight excluding hydrogens is 640 g/mol. The Morgan fingerprint density at radius 2 is 1.76 bits per heavy atom. The molecule has 0 bridgehead atoms. The molecule has 5 N–H and O–H groups in total.